The van der Waals surface area contributed by atoms with Crippen LogP contribution in [0.4, 0.5) is 0 Å². The number of aryl methyl sites for hydroxylation is 2. The molecule has 1 aromatic carbocycles. The zero-order chi connectivity index (χ0) is 23.8. The summed E-state index contributed by atoms with van der Waals surface area (Å²) in [7, 11) is 0. The summed E-state index contributed by atoms with van der Waals surface area (Å²) in [6.07, 6.45) is 15.3. The number of hydrogen-bond acceptors (Lipinski definition) is 4. The molecule has 4 rings (SSSR count). The summed E-state index contributed by atoms with van der Waals surface area (Å²) in [5, 5.41) is 14.4. The van der Waals surface area contributed by atoms with E-state index in [9.17, 15) is 9.90 Å². The van der Waals surface area contributed by atoms with Gasteiger partial charge in [0.1, 0.15) is 5.82 Å². The Labute approximate surface area is 202 Å². The Bertz CT molecular complexity index is 1070. The number of unbranched alkanes of at least 4 members (excludes halogenated alkanes) is 2. The standard InChI is InChI=1S/C28H36N4O2/c1-2-3-5-14-27-30-26(18-16-21-10-6-4-7-11-21)31-32(27)20-22-15-17-25(29-19-22)23-12-8-9-13-24(23)28(33)34/h8-9,12-13,15,17,19,21H,2-7,10-11,14,16,18,20H2,1H3,(H,33,34). The maximum Gasteiger partial charge on any atom is 0.336 e. The van der Waals surface area contributed by atoms with Gasteiger partial charge >= 0.3 is 5.97 Å². The molecule has 34 heavy (non-hydrogen) atoms. The third-order valence-corrected chi connectivity index (χ3v) is 6.89. The normalized spacial score (nSPS) is 14.4. The van der Waals surface area contributed by atoms with Gasteiger partial charge in [0.15, 0.2) is 5.82 Å². The SMILES string of the molecule is CCCCCc1nc(CCC2CCCCC2)nn1Cc1ccc(-c2ccccc2C(=O)O)nc1. The van der Waals surface area contributed by atoms with E-state index in [1.807, 2.05) is 29.1 Å². The topological polar surface area (TPSA) is 80.9 Å². The molecule has 0 aliphatic heterocycles. The molecule has 1 saturated carbocycles. The molecule has 180 valence electrons. The average molecular weight is 461 g/mol. The lowest BCUT2D eigenvalue weighted by Gasteiger charge is -2.20. The fourth-order valence-corrected chi connectivity index (χ4v) is 4.93. The van der Waals surface area contributed by atoms with Gasteiger partial charge in [0, 0.05) is 24.6 Å². The molecule has 0 saturated heterocycles. The monoisotopic (exact) mass is 460 g/mol. The average Bonchev–Trinajstić information content (AvgIpc) is 3.25. The van der Waals surface area contributed by atoms with Crippen LogP contribution >= 0.6 is 0 Å². The van der Waals surface area contributed by atoms with Crippen molar-refractivity contribution in [2.24, 2.45) is 5.92 Å². The fourth-order valence-electron chi connectivity index (χ4n) is 4.93. The molecule has 0 unspecified atom stereocenters. The quantitative estimate of drug-likeness (QED) is 0.338. The molecular formula is C28H36N4O2. The van der Waals surface area contributed by atoms with E-state index in [2.05, 4.69) is 11.9 Å². The van der Waals surface area contributed by atoms with Gasteiger partial charge in [-0.25, -0.2) is 14.5 Å². The van der Waals surface area contributed by atoms with Gasteiger partial charge in [-0.15, -0.1) is 0 Å². The van der Waals surface area contributed by atoms with Crippen molar-refractivity contribution in [3.8, 4) is 11.3 Å². The maximum atomic E-state index is 11.6. The van der Waals surface area contributed by atoms with Crippen molar-refractivity contribution >= 4 is 5.97 Å². The van der Waals surface area contributed by atoms with Crippen LogP contribution in [0.15, 0.2) is 42.6 Å². The van der Waals surface area contributed by atoms with E-state index in [-0.39, 0.29) is 5.56 Å². The van der Waals surface area contributed by atoms with Crippen LogP contribution in [0.2, 0.25) is 0 Å². The first-order chi connectivity index (χ1) is 16.6. The number of aromatic carboxylic acids is 1. The Hall–Kier alpha value is -3.02. The van der Waals surface area contributed by atoms with Crippen LogP contribution < -0.4 is 0 Å². The van der Waals surface area contributed by atoms with Crippen LogP contribution in [0.1, 0.15) is 92.3 Å². The number of aromatic nitrogens is 4. The van der Waals surface area contributed by atoms with Gasteiger partial charge in [-0.2, -0.15) is 5.10 Å². The van der Waals surface area contributed by atoms with Crippen molar-refractivity contribution in [1.82, 2.24) is 19.7 Å². The summed E-state index contributed by atoms with van der Waals surface area (Å²) < 4.78 is 2.05. The Morgan fingerprint density at radius 3 is 2.62 bits per heavy atom. The summed E-state index contributed by atoms with van der Waals surface area (Å²) in [6, 6.07) is 10.9. The molecule has 0 radical (unpaired) electrons. The second kappa shape index (κ2) is 11.9. The van der Waals surface area contributed by atoms with Crippen LogP contribution in [-0.4, -0.2) is 30.8 Å². The summed E-state index contributed by atoms with van der Waals surface area (Å²) >= 11 is 0. The number of carbonyl (C=O) groups is 1. The predicted octanol–water partition coefficient (Wildman–Crippen LogP) is 6.33. The molecule has 1 aliphatic carbocycles. The van der Waals surface area contributed by atoms with Crippen molar-refractivity contribution in [3.05, 3.63) is 65.4 Å². The van der Waals surface area contributed by atoms with Gasteiger partial charge in [0.05, 0.1) is 17.8 Å². The molecule has 1 fully saturated rings. The zero-order valence-corrected chi connectivity index (χ0v) is 20.2. The lowest BCUT2D eigenvalue weighted by molar-refractivity contribution is 0.0697. The van der Waals surface area contributed by atoms with Crippen LogP contribution in [0.5, 0.6) is 0 Å². The number of benzene rings is 1. The van der Waals surface area contributed by atoms with E-state index in [4.69, 9.17) is 10.1 Å². The van der Waals surface area contributed by atoms with E-state index in [0.717, 1.165) is 42.4 Å². The van der Waals surface area contributed by atoms with Crippen molar-refractivity contribution in [2.45, 2.75) is 84.1 Å². The summed E-state index contributed by atoms with van der Waals surface area (Å²) in [5.74, 6) is 1.92. The van der Waals surface area contributed by atoms with Gasteiger partial charge in [0.2, 0.25) is 0 Å². The van der Waals surface area contributed by atoms with Crippen molar-refractivity contribution in [2.75, 3.05) is 0 Å². The zero-order valence-electron chi connectivity index (χ0n) is 20.2. The highest BCUT2D eigenvalue weighted by molar-refractivity contribution is 5.95. The predicted molar refractivity (Wildman–Crippen MR) is 134 cm³/mol. The molecule has 3 aromatic rings. The van der Waals surface area contributed by atoms with Gasteiger partial charge in [0.25, 0.3) is 0 Å². The highest BCUT2D eigenvalue weighted by atomic mass is 16.4. The largest absolute Gasteiger partial charge is 0.478 e. The summed E-state index contributed by atoms with van der Waals surface area (Å²) in [5.41, 5.74) is 2.60. The van der Waals surface area contributed by atoms with Crippen LogP contribution in [0.25, 0.3) is 11.3 Å². The van der Waals surface area contributed by atoms with Gasteiger partial charge in [-0.1, -0.05) is 76.1 Å². The fraction of sp³-hybridized carbons (Fsp3) is 0.500. The number of nitrogens with zero attached hydrogens (tertiary/aromatic N) is 4. The van der Waals surface area contributed by atoms with E-state index in [0.29, 0.717) is 17.8 Å². The van der Waals surface area contributed by atoms with Crippen LogP contribution in [0, 0.1) is 5.92 Å². The van der Waals surface area contributed by atoms with E-state index in [1.165, 1.54) is 51.4 Å². The van der Waals surface area contributed by atoms with Gasteiger partial charge in [-0.05, 0) is 36.5 Å². The highest BCUT2D eigenvalue weighted by Crippen LogP contribution is 2.27. The highest BCUT2D eigenvalue weighted by Gasteiger charge is 2.17. The number of carboxylic acid groups (broad SMARTS) is 1. The van der Waals surface area contributed by atoms with Gasteiger partial charge in [-0.3, -0.25) is 4.98 Å². The second-order valence-corrected chi connectivity index (χ2v) is 9.50. The third-order valence-electron chi connectivity index (χ3n) is 6.89. The summed E-state index contributed by atoms with van der Waals surface area (Å²) in [4.78, 5) is 21.1. The lowest BCUT2D eigenvalue weighted by atomic mass is 9.86. The molecule has 2 heterocycles. The van der Waals surface area contributed by atoms with Crippen LogP contribution in [0.3, 0.4) is 0 Å². The summed E-state index contributed by atoms with van der Waals surface area (Å²) in [6.45, 7) is 2.85. The lowest BCUT2D eigenvalue weighted by Crippen LogP contribution is -2.09. The molecule has 1 N–H and O–H groups in total. The molecule has 0 spiro atoms. The maximum absolute atomic E-state index is 11.6. The number of hydrogen-bond donors (Lipinski definition) is 1. The Morgan fingerprint density at radius 2 is 1.88 bits per heavy atom. The first-order valence-electron chi connectivity index (χ1n) is 12.8. The third kappa shape index (κ3) is 6.31. The number of rotatable bonds is 11. The van der Waals surface area contributed by atoms with Gasteiger partial charge < -0.3 is 5.11 Å². The molecule has 0 atom stereocenters. The van der Waals surface area contributed by atoms with Crippen molar-refractivity contribution in [1.29, 1.82) is 0 Å². The Balaban J connectivity index is 1.47. The minimum Gasteiger partial charge on any atom is -0.478 e. The van der Waals surface area contributed by atoms with Crippen molar-refractivity contribution in [3.63, 3.8) is 0 Å². The molecule has 0 amide bonds. The molecule has 0 bridgehead atoms. The molecule has 6 heteroatoms. The Kier molecular flexibility index (Phi) is 8.45. The minimum atomic E-state index is -0.943. The minimum absolute atomic E-state index is 0.264. The van der Waals surface area contributed by atoms with E-state index in [1.54, 1.807) is 18.2 Å². The second-order valence-electron chi connectivity index (χ2n) is 9.50. The first-order valence-corrected chi connectivity index (χ1v) is 12.8. The van der Waals surface area contributed by atoms with E-state index >= 15 is 0 Å². The van der Waals surface area contributed by atoms with Crippen molar-refractivity contribution < 1.29 is 9.90 Å². The van der Waals surface area contributed by atoms with E-state index < -0.39 is 5.97 Å². The Morgan fingerprint density at radius 1 is 1.06 bits per heavy atom. The number of carboxylic acids is 1. The number of pyridine rings is 1. The molecule has 6 nitrogen and oxygen atoms in total. The molecule has 2 aromatic heterocycles. The smallest absolute Gasteiger partial charge is 0.336 e. The van der Waals surface area contributed by atoms with Crippen LogP contribution in [-0.2, 0) is 19.4 Å². The first kappa shape index (κ1) is 24.1. The molecular weight excluding hydrogens is 424 g/mol. The molecule has 1 aliphatic rings.